The number of aryl methyl sites for hydroxylation is 1. The third-order valence-electron chi connectivity index (χ3n) is 8.60. The number of aromatic nitrogens is 5. The zero-order chi connectivity index (χ0) is 32.5. The second-order valence-corrected chi connectivity index (χ2v) is 12.8. The van der Waals surface area contributed by atoms with E-state index < -0.39 is 6.23 Å². The predicted octanol–water partition coefficient (Wildman–Crippen LogP) is 3.72. The van der Waals surface area contributed by atoms with Crippen LogP contribution in [-0.4, -0.2) is 67.3 Å². The number of benzene rings is 1. The molecular formula is C33H33FN10O2S. The lowest BCUT2D eigenvalue weighted by Gasteiger charge is -2.41. The van der Waals surface area contributed by atoms with E-state index in [9.17, 15) is 19.6 Å². The van der Waals surface area contributed by atoms with Crippen molar-refractivity contribution >= 4 is 34.7 Å². The van der Waals surface area contributed by atoms with Crippen LogP contribution >= 0.6 is 11.3 Å². The number of rotatable bonds is 10. The van der Waals surface area contributed by atoms with Gasteiger partial charge >= 0.3 is 0 Å². The van der Waals surface area contributed by atoms with E-state index in [2.05, 4.69) is 37.0 Å². The number of carbonyl (C=O) groups excluding carboxylic acids is 1. The third-order valence-corrected chi connectivity index (χ3v) is 9.56. The smallest absolute Gasteiger partial charge is 0.239 e. The minimum Gasteiger partial charge on any atom is -0.373 e. The van der Waals surface area contributed by atoms with Crippen molar-refractivity contribution in [1.82, 2.24) is 35.0 Å². The lowest BCUT2D eigenvalue weighted by molar-refractivity contribution is -0.127. The summed E-state index contributed by atoms with van der Waals surface area (Å²) in [6, 6.07) is 11.9. The number of nitrogens with one attached hydrogen (secondary N) is 3. The molecule has 14 heteroatoms. The van der Waals surface area contributed by atoms with E-state index in [4.69, 9.17) is 4.98 Å². The van der Waals surface area contributed by atoms with Gasteiger partial charge in [-0.2, -0.15) is 5.26 Å². The van der Waals surface area contributed by atoms with Crippen LogP contribution in [0.5, 0.6) is 0 Å². The first-order valence-corrected chi connectivity index (χ1v) is 16.4. The van der Waals surface area contributed by atoms with Crippen molar-refractivity contribution in [2.75, 3.05) is 29.9 Å². The molecule has 0 bridgehead atoms. The van der Waals surface area contributed by atoms with Gasteiger partial charge in [0.05, 0.1) is 24.0 Å². The van der Waals surface area contributed by atoms with E-state index >= 15 is 0 Å². The number of aliphatic hydroxyl groups excluding tert-OH is 1. The van der Waals surface area contributed by atoms with Crippen molar-refractivity contribution in [3.63, 3.8) is 0 Å². The molecule has 4 N–H and O–H groups in total. The van der Waals surface area contributed by atoms with Gasteiger partial charge in [0.1, 0.15) is 39.5 Å². The van der Waals surface area contributed by atoms with Crippen LogP contribution in [-0.2, 0) is 17.8 Å². The number of fused-ring (bicyclic) bond motifs is 1. The molecule has 2 fully saturated rings. The lowest BCUT2D eigenvalue weighted by Crippen LogP contribution is -2.58. The zero-order valence-corrected chi connectivity index (χ0v) is 26.5. The molecule has 0 aliphatic carbocycles. The van der Waals surface area contributed by atoms with Gasteiger partial charge in [-0.1, -0.05) is 6.92 Å². The summed E-state index contributed by atoms with van der Waals surface area (Å²) in [5, 5.41) is 30.3. The van der Waals surface area contributed by atoms with Crippen molar-refractivity contribution < 1.29 is 14.3 Å². The van der Waals surface area contributed by atoms with E-state index in [0.717, 1.165) is 52.7 Å². The maximum atomic E-state index is 13.4. The van der Waals surface area contributed by atoms with Crippen LogP contribution in [0, 0.1) is 23.1 Å². The summed E-state index contributed by atoms with van der Waals surface area (Å²) in [6.07, 6.45) is 7.12. The molecule has 1 amide bonds. The molecule has 1 aromatic carbocycles. The topological polar surface area (TPSA) is 156 Å². The molecule has 2 unspecified atom stereocenters. The number of nitriles is 1. The molecule has 47 heavy (non-hydrogen) atoms. The Hall–Kier alpha value is -4.97. The van der Waals surface area contributed by atoms with Crippen LogP contribution in [0.15, 0.2) is 55.0 Å². The summed E-state index contributed by atoms with van der Waals surface area (Å²) < 4.78 is 15.4. The standard InChI is InChI=1S/C33H33FN10O2S/c1-2-24-30(37-15-28-41-29(26(12-35)47-28)19-5-8-23(34)9-6-19)44-18-20(7-10-27(44)40-24)21-13-38-33(39-14-21)43-16-22(17-43)31(45)42-32(46)25-4-3-11-36-25/h5-10,13-14,18,22,25,31,36-37,45H,2-4,11,15-17H2,1H3,(H,42,46). The van der Waals surface area contributed by atoms with E-state index in [0.29, 0.717) is 48.1 Å². The van der Waals surface area contributed by atoms with Crippen molar-refractivity contribution in [2.24, 2.45) is 5.92 Å². The molecule has 2 aliphatic heterocycles. The monoisotopic (exact) mass is 652 g/mol. The first kappa shape index (κ1) is 30.7. The number of aliphatic hydroxyl groups is 1. The molecule has 2 aliphatic rings. The normalized spacial score (nSPS) is 17.0. The van der Waals surface area contributed by atoms with Gasteiger partial charge in [-0.15, -0.1) is 11.3 Å². The van der Waals surface area contributed by atoms with Crippen LogP contribution in [0.2, 0.25) is 0 Å². The number of hydrogen-bond donors (Lipinski definition) is 4. The minimum atomic E-state index is -0.904. The van der Waals surface area contributed by atoms with E-state index in [1.54, 1.807) is 24.5 Å². The van der Waals surface area contributed by atoms with Gasteiger partial charge < -0.3 is 26.0 Å². The Kier molecular flexibility index (Phi) is 8.50. The summed E-state index contributed by atoms with van der Waals surface area (Å²) >= 11 is 1.31. The highest BCUT2D eigenvalue weighted by molar-refractivity contribution is 7.12. The molecule has 0 saturated carbocycles. The molecule has 240 valence electrons. The zero-order valence-electron chi connectivity index (χ0n) is 25.7. The van der Waals surface area contributed by atoms with Crippen molar-refractivity contribution in [3.8, 4) is 28.5 Å². The van der Waals surface area contributed by atoms with Crippen LogP contribution in [0.1, 0.15) is 35.3 Å². The average molecular weight is 653 g/mol. The second-order valence-electron chi connectivity index (χ2n) is 11.7. The molecule has 6 heterocycles. The Bertz CT molecular complexity index is 1940. The number of amides is 1. The summed E-state index contributed by atoms with van der Waals surface area (Å²) in [5.74, 6) is 0.823. The SMILES string of the molecule is CCc1nc2ccc(-c3cnc(N4CC(C(O)NC(=O)C5CCCN5)C4)nc3)cn2c1NCc1nc(-c2ccc(F)cc2)c(C#N)s1. The Morgan fingerprint density at radius 1 is 1.15 bits per heavy atom. The van der Waals surface area contributed by atoms with Gasteiger partial charge in [-0.3, -0.25) is 9.20 Å². The maximum Gasteiger partial charge on any atom is 0.239 e. The molecule has 0 spiro atoms. The first-order valence-electron chi connectivity index (χ1n) is 15.6. The molecule has 2 saturated heterocycles. The van der Waals surface area contributed by atoms with E-state index in [1.165, 1.54) is 23.5 Å². The summed E-state index contributed by atoms with van der Waals surface area (Å²) in [7, 11) is 0. The largest absolute Gasteiger partial charge is 0.373 e. The molecule has 12 nitrogen and oxygen atoms in total. The Labute approximate surface area is 274 Å². The second kappa shape index (κ2) is 13.0. The number of hydrogen-bond acceptors (Lipinski definition) is 11. The highest BCUT2D eigenvalue weighted by Gasteiger charge is 2.36. The van der Waals surface area contributed by atoms with Crippen LogP contribution in [0.25, 0.3) is 28.0 Å². The summed E-state index contributed by atoms with van der Waals surface area (Å²) in [5.41, 5.74) is 4.67. The van der Waals surface area contributed by atoms with Gasteiger partial charge in [-0.25, -0.2) is 24.3 Å². The molecule has 5 aromatic rings. The molecule has 2 atom stereocenters. The van der Waals surface area contributed by atoms with Crippen molar-refractivity contribution in [3.05, 3.63) is 76.4 Å². The quantitative estimate of drug-likeness (QED) is 0.164. The van der Waals surface area contributed by atoms with Crippen molar-refractivity contribution in [2.45, 2.75) is 45.0 Å². The average Bonchev–Trinajstić information content (AvgIpc) is 3.82. The summed E-state index contributed by atoms with van der Waals surface area (Å²) in [4.78, 5) is 33.4. The molecule has 4 aromatic heterocycles. The number of thiazole rings is 1. The van der Waals surface area contributed by atoms with Gasteiger partial charge in [0.25, 0.3) is 0 Å². The Morgan fingerprint density at radius 3 is 2.62 bits per heavy atom. The van der Waals surface area contributed by atoms with E-state index in [1.807, 2.05) is 34.6 Å². The third kappa shape index (κ3) is 6.25. The molecule has 0 radical (unpaired) electrons. The number of halogens is 1. The highest BCUT2D eigenvalue weighted by Crippen LogP contribution is 2.30. The fraction of sp³-hybridized carbons (Fsp3) is 0.333. The lowest BCUT2D eigenvalue weighted by atomic mass is 9.98. The van der Waals surface area contributed by atoms with Gasteiger partial charge in [0, 0.05) is 54.3 Å². The number of nitrogens with zero attached hydrogens (tertiary/aromatic N) is 7. The van der Waals surface area contributed by atoms with Gasteiger partial charge in [-0.05, 0) is 62.2 Å². The number of carbonyl (C=O) groups is 1. The number of imidazole rings is 1. The fourth-order valence-electron chi connectivity index (χ4n) is 5.96. The van der Waals surface area contributed by atoms with Crippen LogP contribution < -0.4 is 20.9 Å². The number of anilines is 2. The Morgan fingerprint density at radius 2 is 1.91 bits per heavy atom. The first-order chi connectivity index (χ1) is 22.9. The van der Waals surface area contributed by atoms with Crippen molar-refractivity contribution in [1.29, 1.82) is 5.26 Å². The predicted molar refractivity (Wildman–Crippen MR) is 176 cm³/mol. The molecular weight excluding hydrogens is 619 g/mol. The van der Waals surface area contributed by atoms with E-state index in [-0.39, 0.29) is 23.7 Å². The highest BCUT2D eigenvalue weighted by atomic mass is 32.1. The fourth-order valence-corrected chi connectivity index (χ4v) is 6.78. The molecule has 7 rings (SSSR count). The minimum absolute atomic E-state index is 0.0867. The van der Waals surface area contributed by atoms with Gasteiger partial charge in [0.2, 0.25) is 11.9 Å². The van der Waals surface area contributed by atoms with Crippen LogP contribution in [0.3, 0.4) is 0 Å². The van der Waals surface area contributed by atoms with Crippen LogP contribution in [0.4, 0.5) is 16.2 Å². The Balaban J connectivity index is 1.03. The number of pyridine rings is 1. The maximum absolute atomic E-state index is 13.4. The summed E-state index contributed by atoms with van der Waals surface area (Å²) in [6.45, 7) is 4.36. The van der Waals surface area contributed by atoms with Gasteiger partial charge in [0.15, 0.2) is 0 Å².